The minimum atomic E-state index is -1.12. The number of aliphatic hydroxyl groups excluding tert-OH is 1. The molecule has 0 saturated heterocycles. The van der Waals surface area contributed by atoms with Crippen molar-refractivity contribution in [1.29, 1.82) is 0 Å². The molecule has 0 aromatic heterocycles. The number of carboxylic acid groups (broad SMARTS) is 2. The molecular weight excluding hydrogens is 216 g/mol. The third kappa shape index (κ3) is 6.33. The fourth-order valence-corrected chi connectivity index (χ4v) is 1.22. The maximum Gasteiger partial charge on any atom is 0.320 e. The van der Waals surface area contributed by atoms with E-state index < -0.39 is 36.5 Å². The molecule has 7 N–H and O–H groups in total. The predicted molar refractivity (Wildman–Crippen MR) is 55.7 cm³/mol. The summed E-state index contributed by atoms with van der Waals surface area (Å²) in [5, 5.41) is 26.2. The van der Waals surface area contributed by atoms with E-state index in [4.69, 9.17) is 21.7 Å². The predicted octanol–water partition coefficient (Wildman–Crippen LogP) is -1.27. The highest BCUT2D eigenvalue weighted by molar-refractivity contribution is 5.72. The number of hydrogen-bond acceptors (Lipinski definition) is 5. The number of aliphatic carboxylic acids is 2. The Morgan fingerprint density at radius 2 is 1.69 bits per heavy atom. The maximum absolute atomic E-state index is 10.4. The first-order valence-electron chi connectivity index (χ1n) is 4.98. The lowest BCUT2D eigenvalue weighted by Crippen LogP contribution is -2.37. The van der Waals surface area contributed by atoms with E-state index in [1.54, 1.807) is 0 Å². The minimum absolute atomic E-state index is 0.253. The van der Waals surface area contributed by atoms with Crippen LogP contribution in [0.1, 0.15) is 25.7 Å². The number of carbonyl (C=O) groups is 2. The molecule has 0 rings (SSSR count). The van der Waals surface area contributed by atoms with Crippen molar-refractivity contribution in [3.8, 4) is 0 Å². The first kappa shape index (κ1) is 14.8. The van der Waals surface area contributed by atoms with Crippen LogP contribution in [0.4, 0.5) is 0 Å². The highest BCUT2D eigenvalue weighted by Gasteiger charge is 2.18. The second kappa shape index (κ2) is 7.15. The topological polar surface area (TPSA) is 147 Å². The summed E-state index contributed by atoms with van der Waals surface area (Å²) in [5.41, 5.74) is 10.8. The Kier molecular flexibility index (Phi) is 6.63. The van der Waals surface area contributed by atoms with Gasteiger partial charge < -0.3 is 26.8 Å². The summed E-state index contributed by atoms with van der Waals surface area (Å²) < 4.78 is 0. The van der Waals surface area contributed by atoms with Gasteiger partial charge in [-0.1, -0.05) is 0 Å². The van der Waals surface area contributed by atoms with Crippen molar-refractivity contribution in [2.75, 3.05) is 0 Å². The quantitative estimate of drug-likeness (QED) is 0.352. The Labute approximate surface area is 93.0 Å². The van der Waals surface area contributed by atoms with E-state index in [1.807, 2.05) is 0 Å². The van der Waals surface area contributed by atoms with Crippen molar-refractivity contribution in [2.24, 2.45) is 11.5 Å². The van der Waals surface area contributed by atoms with Gasteiger partial charge in [0.15, 0.2) is 0 Å². The standard InChI is InChI=1S/C9H18N2O5/c10-5(7(12)4-8(13)14)2-1-3-6(11)9(15)16/h5-7,12H,1-4,10-11H2,(H,13,14)(H,15,16)/t5-,6+,7-/m1/s1. The third-order valence-electron chi connectivity index (χ3n) is 2.25. The Morgan fingerprint density at radius 3 is 2.12 bits per heavy atom. The van der Waals surface area contributed by atoms with Gasteiger partial charge in [-0.25, -0.2) is 0 Å². The molecule has 0 amide bonds. The van der Waals surface area contributed by atoms with E-state index in [2.05, 4.69) is 0 Å². The Balaban J connectivity index is 3.76. The number of hydrogen-bond donors (Lipinski definition) is 5. The second-order valence-electron chi connectivity index (χ2n) is 3.70. The van der Waals surface area contributed by atoms with Crippen LogP contribution in [0.15, 0.2) is 0 Å². The summed E-state index contributed by atoms with van der Waals surface area (Å²) in [5.74, 6) is -2.20. The van der Waals surface area contributed by atoms with E-state index in [0.717, 1.165) is 0 Å². The summed E-state index contributed by atoms with van der Waals surface area (Å²) in [6.45, 7) is 0. The van der Waals surface area contributed by atoms with E-state index in [-0.39, 0.29) is 6.42 Å². The molecule has 0 fully saturated rings. The molecule has 0 aromatic rings. The first-order chi connectivity index (χ1) is 7.34. The normalized spacial score (nSPS) is 16.4. The molecule has 0 aliphatic heterocycles. The summed E-state index contributed by atoms with van der Waals surface area (Å²) in [7, 11) is 0. The van der Waals surface area contributed by atoms with Crippen LogP contribution in [0.5, 0.6) is 0 Å². The molecule has 0 spiro atoms. The van der Waals surface area contributed by atoms with Gasteiger partial charge in [-0.15, -0.1) is 0 Å². The van der Waals surface area contributed by atoms with Gasteiger partial charge in [0.05, 0.1) is 12.5 Å². The fourth-order valence-electron chi connectivity index (χ4n) is 1.22. The van der Waals surface area contributed by atoms with Crippen LogP contribution < -0.4 is 11.5 Å². The van der Waals surface area contributed by atoms with Crippen LogP contribution in [0.3, 0.4) is 0 Å². The highest BCUT2D eigenvalue weighted by Crippen LogP contribution is 2.07. The smallest absolute Gasteiger partial charge is 0.320 e. The van der Waals surface area contributed by atoms with Crippen LogP contribution in [0.2, 0.25) is 0 Å². The molecule has 3 atom stereocenters. The van der Waals surface area contributed by atoms with Gasteiger partial charge >= 0.3 is 11.9 Å². The molecule has 7 heteroatoms. The Bertz CT molecular complexity index is 246. The summed E-state index contributed by atoms with van der Waals surface area (Å²) in [6, 6.07) is -1.61. The molecule has 0 saturated carbocycles. The van der Waals surface area contributed by atoms with Crippen LogP contribution in [0.25, 0.3) is 0 Å². The molecule has 0 heterocycles. The monoisotopic (exact) mass is 234 g/mol. The van der Waals surface area contributed by atoms with Crippen LogP contribution >= 0.6 is 0 Å². The molecule has 0 aliphatic rings. The zero-order valence-electron chi connectivity index (χ0n) is 8.87. The summed E-state index contributed by atoms with van der Waals surface area (Å²) in [6.07, 6.45) is -0.492. The van der Waals surface area contributed by atoms with Crippen molar-refractivity contribution in [3.05, 3.63) is 0 Å². The van der Waals surface area contributed by atoms with Gasteiger partial charge in [0.2, 0.25) is 0 Å². The van der Waals surface area contributed by atoms with Crippen molar-refractivity contribution in [2.45, 2.75) is 43.9 Å². The van der Waals surface area contributed by atoms with Crippen LogP contribution in [-0.2, 0) is 9.59 Å². The van der Waals surface area contributed by atoms with E-state index >= 15 is 0 Å². The maximum atomic E-state index is 10.4. The zero-order valence-corrected chi connectivity index (χ0v) is 8.87. The molecule has 7 nitrogen and oxygen atoms in total. The number of rotatable bonds is 8. The lowest BCUT2D eigenvalue weighted by molar-refractivity contribution is -0.140. The number of nitrogens with two attached hydrogens (primary N) is 2. The first-order valence-corrected chi connectivity index (χ1v) is 4.98. The lowest BCUT2D eigenvalue weighted by atomic mass is 10.0. The third-order valence-corrected chi connectivity index (χ3v) is 2.25. The second-order valence-corrected chi connectivity index (χ2v) is 3.70. The summed E-state index contributed by atoms with van der Waals surface area (Å²) in [4.78, 5) is 20.6. The number of aliphatic hydroxyl groups is 1. The SMILES string of the molecule is N[C@H](CCC[C@H](N)C(=O)O)[C@H](O)CC(=O)O. The van der Waals surface area contributed by atoms with Gasteiger partial charge in [0.25, 0.3) is 0 Å². The Morgan fingerprint density at radius 1 is 1.12 bits per heavy atom. The fraction of sp³-hybridized carbons (Fsp3) is 0.778. The van der Waals surface area contributed by atoms with E-state index in [1.165, 1.54) is 0 Å². The molecule has 94 valence electrons. The molecular formula is C9H18N2O5. The zero-order chi connectivity index (χ0) is 12.7. The molecule has 0 aromatic carbocycles. The lowest BCUT2D eigenvalue weighted by Gasteiger charge is -2.17. The molecule has 0 radical (unpaired) electrons. The Hall–Kier alpha value is -1.18. The average Bonchev–Trinajstić information content (AvgIpc) is 2.15. The number of carboxylic acids is 2. The molecule has 0 unspecified atom stereocenters. The van der Waals surface area contributed by atoms with Crippen LogP contribution in [0, 0.1) is 0 Å². The molecule has 0 aliphatic carbocycles. The van der Waals surface area contributed by atoms with Gasteiger partial charge in [-0.3, -0.25) is 9.59 Å². The largest absolute Gasteiger partial charge is 0.481 e. The van der Waals surface area contributed by atoms with Gasteiger partial charge in [-0.05, 0) is 19.3 Å². The highest BCUT2D eigenvalue weighted by atomic mass is 16.4. The van der Waals surface area contributed by atoms with Crippen molar-refractivity contribution < 1.29 is 24.9 Å². The minimum Gasteiger partial charge on any atom is -0.481 e. The molecule has 0 bridgehead atoms. The van der Waals surface area contributed by atoms with Gasteiger partial charge in [-0.2, -0.15) is 0 Å². The van der Waals surface area contributed by atoms with Gasteiger partial charge in [0, 0.05) is 6.04 Å². The van der Waals surface area contributed by atoms with Gasteiger partial charge in [0.1, 0.15) is 6.04 Å². The van der Waals surface area contributed by atoms with E-state index in [0.29, 0.717) is 12.8 Å². The summed E-state index contributed by atoms with van der Waals surface area (Å²) >= 11 is 0. The van der Waals surface area contributed by atoms with Crippen molar-refractivity contribution >= 4 is 11.9 Å². The average molecular weight is 234 g/mol. The van der Waals surface area contributed by atoms with Crippen molar-refractivity contribution in [3.63, 3.8) is 0 Å². The molecule has 16 heavy (non-hydrogen) atoms. The van der Waals surface area contributed by atoms with E-state index in [9.17, 15) is 14.7 Å². The van der Waals surface area contributed by atoms with Crippen molar-refractivity contribution in [1.82, 2.24) is 0 Å². The van der Waals surface area contributed by atoms with Crippen LogP contribution in [-0.4, -0.2) is 45.4 Å².